The van der Waals surface area contributed by atoms with E-state index in [1.54, 1.807) is 23.3 Å². The molecule has 0 radical (unpaired) electrons. The number of halogens is 1. The van der Waals surface area contributed by atoms with E-state index in [4.69, 9.17) is 21.1 Å². The lowest BCUT2D eigenvalue weighted by atomic mass is 9.93. The fraction of sp³-hybridized carbons (Fsp3) is 0.381. The molecule has 3 N–H and O–H groups in total. The molecule has 2 aromatic rings. The van der Waals surface area contributed by atoms with Gasteiger partial charge in [0, 0.05) is 37.4 Å². The number of nitrogens with zero attached hydrogens (tertiary/aromatic N) is 4. The topological polar surface area (TPSA) is 97.6 Å². The zero-order valence-electron chi connectivity index (χ0n) is 17.5. The molecule has 2 aliphatic rings. The quantitative estimate of drug-likeness (QED) is 0.404. The van der Waals surface area contributed by atoms with E-state index < -0.39 is 0 Å². The molecule has 2 atom stereocenters. The van der Waals surface area contributed by atoms with Crippen molar-refractivity contribution in [2.75, 3.05) is 25.5 Å². The highest BCUT2D eigenvalue weighted by atomic mass is 35.5. The summed E-state index contributed by atoms with van der Waals surface area (Å²) in [5.41, 5.74) is 1.08. The number of anilines is 1. The normalized spacial score (nSPS) is 19.7. The minimum atomic E-state index is -0.214. The molecule has 1 aliphatic carbocycles. The summed E-state index contributed by atoms with van der Waals surface area (Å²) in [5.74, 6) is 2.63. The highest BCUT2D eigenvalue weighted by Crippen LogP contribution is 2.31. The Bertz CT molecular complexity index is 1000. The van der Waals surface area contributed by atoms with Gasteiger partial charge in [-0.15, -0.1) is 0 Å². The van der Waals surface area contributed by atoms with Crippen LogP contribution < -0.4 is 25.4 Å². The summed E-state index contributed by atoms with van der Waals surface area (Å²) in [5, 5.41) is 14.4. The Morgan fingerprint density at radius 3 is 3.03 bits per heavy atom. The summed E-state index contributed by atoms with van der Waals surface area (Å²) in [7, 11) is 3.79. The van der Waals surface area contributed by atoms with E-state index >= 15 is 0 Å². The summed E-state index contributed by atoms with van der Waals surface area (Å²) >= 11 is 6.39. The molecular weight excluding hydrogens is 418 g/mol. The Kier molecular flexibility index (Phi) is 6.73. The number of hydrogen-bond donors (Lipinski definition) is 3. The van der Waals surface area contributed by atoms with Crippen LogP contribution in [-0.2, 0) is 7.05 Å². The largest absolute Gasteiger partial charge is 0.492 e. The Labute approximate surface area is 186 Å². The molecule has 31 heavy (non-hydrogen) atoms. The molecule has 0 spiro atoms. The number of aliphatic imine (C=N–C) groups is 1. The number of rotatable bonds is 9. The number of nitrogens with one attached hydrogen (secondary N) is 3. The Morgan fingerprint density at radius 1 is 1.35 bits per heavy atom. The van der Waals surface area contributed by atoms with Gasteiger partial charge in [-0.25, -0.2) is 4.98 Å². The van der Waals surface area contributed by atoms with Crippen molar-refractivity contribution in [2.45, 2.75) is 25.0 Å². The molecule has 3 heterocycles. The monoisotopic (exact) mass is 443 g/mol. The maximum Gasteiger partial charge on any atom is 0.233 e. The minimum absolute atomic E-state index is 0.0378. The molecule has 1 aliphatic heterocycles. The van der Waals surface area contributed by atoms with Gasteiger partial charge in [0.1, 0.15) is 22.7 Å². The van der Waals surface area contributed by atoms with Crippen LogP contribution in [0, 0.1) is 0 Å². The molecule has 0 aromatic carbocycles. The third-order valence-electron chi connectivity index (χ3n) is 4.90. The predicted molar refractivity (Wildman–Crippen MR) is 121 cm³/mol. The van der Waals surface area contributed by atoms with Crippen LogP contribution in [0.2, 0.25) is 5.02 Å². The smallest absolute Gasteiger partial charge is 0.233 e. The van der Waals surface area contributed by atoms with E-state index in [2.05, 4.69) is 31.0 Å². The van der Waals surface area contributed by atoms with Gasteiger partial charge in [0.05, 0.1) is 25.2 Å². The second-order valence-corrected chi connectivity index (χ2v) is 7.68. The molecule has 164 valence electrons. The SMILES string of the molecule is CNCCCOc1cnc(OC2C=CC3N=CNC(Nc4ccn(C)n4)=C3C2)c(Cl)c1. The first-order valence-electron chi connectivity index (χ1n) is 10.2. The van der Waals surface area contributed by atoms with Gasteiger partial charge in [0.2, 0.25) is 5.88 Å². The molecule has 0 bridgehead atoms. The second-order valence-electron chi connectivity index (χ2n) is 7.28. The van der Waals surface area contributed by atoms with Crippen molar-refractivity contribution in [2.24, 2.45) is 12.0 Å². The number of fused-ring (bicyclic) bond motifs is 1. The lowest BCUT2D eigenvalue weighted by Crippen LogP contribution is -2.34. The zero-order chi connectivity index (χ0) is 21.6. The van der Waals surface area contributed by atoms with E-state index in [0.717, 1.165) is 30.2 Å². The first-order valence-corrected chi connectivity index (χ1v) is 10.6. The van der Waals surface area contributed by atoms with Crippen LogP contribution in [0.4, 0.5) is 5.82 Å². The van der Waals surface area contributed by atoms with E-state index in [-0.39, 0.29) is 12.1 Å². The van der Waals surface area contributed by atoms with Crippen molar-refractivity contribution in [3.05, 3.63) is 53.1 Å². The van der Waals surface area contributed by atoms with Gasteiger partial charge in [0.25, 0.3) is 0 Å². The summed E-state index contributed by atoms with van der Waals surface area (Å²) in [4.78, 5) is 8.84. The van der Waals surface area contributed by atoms with Crippen molar-refractivity contribution < 1.29 is 9.47 Å². The number of aryl methyl sites for hydroxylation is 1. The Balaban J connectivity index is 1.42. The van der Waals surface area contributed by atoms with Crippen LogP contribution in [0.3, 0.4) is 0 Å². The molecule has 0 amide bonds. The predicted octanol–water partition coefficient (Wildman–Crippen LogP) is 2.49. The van der Waals surface area contributed by atoms with Crippen molar-refractivity contribution in [1.82, 2.24) is 25.4 Å². The molecule has 0 saturated carbocycles. The summed E-state index contributed by atoms with van der Waals surface area (Å²) in [6.45, 7) is 1.49. The third-order valence-corrected chi connectivity index (χ3v) is 5.17. The van der Waals surface area contributed by atoms with Gasteiger partial charge >= 0.3 is 0 Å². The lowest BCUT2D eigenvalue weighted by molar-refractivity contribution is 0.232. The molecular formula is C21H26ClN7O2. The van der Waals surface area contributed by atoms with E-state index in [1.165, 1.54) is 0 Å². The maximum atomic E-state index is 6.39. The number of hydrogen-bond acceptors (Lipinski definition) is 8. The van der Waals surface area contributed by atoms with Crippen molar-refractivity contribution in [3.63, 3.8) is 0 Å². The molecule has 4 rings (SSSR count). The Morgan fingerprint density at radius 2 is 2.26 bits per heavy atom. The zero-order valence-corrected chi connectivity index (χ0v) is 18.3. The standard InChI is InChI=1S/C21H26ClN7O2/c1-23-7-3-9-30-15-11-17(22)21(24-12-15)31-14-4-5-18-16(10-14)20(26-13-25-18)27-19-6-8-29(2)28-19/h4-6,8,11-14,18,23H,3,7,9-10H2,1-2H3,(H,25,26)(H,27,28). The molecule has 9 nitrogen and oxygen atoms in total. The van der Waals surface area contributed by atoms with Gasteiger partial charge in [-0.3, -0.25) is 9.67 Å². The molecule has 2 unspecified atom stereocenters. The summed E-state index contributed by atoms with van der Waals surface area (Å²) < 4.78 is 13.5. The van der Waals surface area contributed by atoms with Crippen LogP contribution in [0.15, 0.2) is 53.1 Å². The van der Waals surface area contributed by atoms with E-state index in [9.17, 15) is 0 Å². The van der Waals surface area contributed by atoms with Crippen molar-refractivity contribution in [1.29, 1.82) is 0 Å². The highest BCUT2D eigenvalue weighted by Gasteiger charge is 2.27. The van der Waals surface area contributed by atoms with Gasteiger partial charge < -0.3 is 25.4 Å². The molecule has 0 saturated heterocycles. The van der Waals surface area contributed by atoms with Crippen molar-refractivity contribution >= 4 is 23.8 Å². The second kappa shape index (κ2) is 9.84. The first kappa shape index (κ1) is 21.2. The van der Waals surface area contributed by atoms with E-state index in [1.807, 2.05) is 38.5 Å². The molecule has 0 fully saturated rings. The van der Waals surface area contributed by atoms with Crippen LogP contribution >= 0.6 is 11.6 Å². The summed E-state index contributed by atoms with van der Waals surface area (Å²) in [6.07, 6.45) is 10.6. The minimum Gasteiger partial charge on any atom is -0.492 e. The van der Waals surface area contributed by atoms with Crippen LogP contribution in [0.25, 0.3) is 0 Å². The fourth-order valence-corrected chi connectivity index (χ4v) is 3.58. The van der Waals surface area contributed by atoms with Gasteiger partial charge in [-0.1, -0.05) is 17.7 Å². The average molecular weight is 444 g/mol. The number of pyridine rings is 1. The van der Waals surface area contributed by atoms with E-state index in [0.29, 0.717) is 29.7 Å². The van der Waals surface area contributed by atoms with Crippen LogP contribution in [0.5, 0.6) is 11.6 Å². The number of ether oxygens (including phenoxy) is 2. The highest BCUT2D eigenvalue weighted by molar-refractivity contribution is 6.31. The fourth-order valence-electron chi connectivity index (χ4n) is 3.38. The van der Waals surface area contributed by atoms with Crippen molar-refractivity contribution in [3.8, 4) is 11.6 Å². The third kappa shape index (κ3) is 5.36. The van der Waals surface area contributed by atoms with Crippen LogP contribution in [-0.4, -0.2) is 53.4 Å². The molecule has 10 heteroatoms. The molecule has 2 aromatic heterocycles. The summed E-state index contributed by atoms with van der Waals surface area (Å²) in [6, 6.07) is 3.61. The van der Waals surface area contributed by atoms with Crippen LogP contribution in [0.1, 0.15) is 12.8 Å². The number of aromatic nitrogens is 3. The lowest BCUT2D eigenvalue weighted by Gasteiger charge is -2.29. The van der Waals surface area contributed by atoms with Gasteiger partial charge in [-0.2, -0.15) is 5.10 Å². The first-order chi connectivity index (χ1) is 15.1. The average Bonchev–Trinajstić information content (AvgIpc) is 3.18. The van der Waals surface area contributed by atoms with Gasteiger partial charge in [-0.05, 0) is 26.1 Å². The van der Waals surface area contributed by atoms with Gasteiger partial charge in [0.15, 0.2) is 5.82 Å². The maximum absolute atomic E-state index is 6.39. The Hall–Kier alpha value is -3.04.